The van der Waals surface area contributed by atoms with E-state index in [9.17, 15) is 18.4 Å². The molecule has 0 saturated carbocycles. The third kappa shape index (κ3) is 3.41. The molecule has 2 aromatic heterocycles. The fourth-order valence-corrected chi connectivity index (χ4v) is 3.21. The van der Waals surface area contributed by atoms with Gasteiger partial charge in [-0.15, -0.1) is 0 Å². The molecule has 0 radical (unpaired) electrons. The molecule has 0 saturated heterocycles. The van der Waals surface area contributed by atoms with Crippen molar-refractivity contribution in [1.82, 2.24) is 14.6 Å². The van der Waals surface area contributed by atoms with Crippen LogP contribution in [0.25, 0.3) is 28.2 Å². The first-order valence-corrected chi connectivity index (χ1v) is 8.85. The maximum Gasteiger partial charge on any atom is 0.387 e. The first-order chi connectivity index (χ1) is 14.3. The number of benzene rings is 2. The van der Waals surface area contributed by atoms with E-state index in [0.29, 0.717) is 33.7 Å². The number of nitrogens with one attached hydrogen (secondary N) is 1. The molecule has 0 unspecified atom stereocenters. The Morgan fingerprint density at radius 1 is 1.17 bits per heavy atom. The summed E-state index contributed by atoms with van der Waals surface area (Å²) >= 11 is 0. The third-order valence-corrected chi connectivity index (χ3v) is 4.65. The maximum absolute atomic E-state index is 12.8. The van der Waals surface area contributed by atoms with Crippen LogP contribution in [-0.2, 0) is 0 Å². The molecule has 0 spiro atoms. The number of carboxylic acids is 1. The van der Waals surface area contributed by atoms with Gasteiger partial charge in [-0.05, 0) is 31.2 Å². The number of rotatable bonds is 5. The Balaban J connectivity index is 1.85. The monoisotopic (exact) mass is 411 g/mol. The summed E-state index contributed by atoms with van der Waals surface area (Å²) in [4.78, 5) is 28.2. The Kier molecular flexibility index (Phi) is 4.78. The topological polar surface area (TPSA) is 96.7 Å². The van der Waals surface area contributed by atoms with Crippen molar-refractivity contribution in [2.24, 2.45) is 0 Å². The first kappa shape index (κ1) is 19.3. The lowest BCUT2D eigenvalue weighted by atomic mass is 10.1. The van der Waals surface area contributed by atoms with Crippen molar-refractivity contribution < 1.29 is 23.4 Å². The van der Waals surface area contributed by atoms with E-state index >= 15 is 0 Å². The molecule has 0 aliphatic carbocycles. The fourth-order valence-electron chi connectivity index (χ4n) is 3.21. The molecular weight excluding hydrogens is 396 g/mol. The number of aromatic amines is 1. The van der Waals surface area contributed by atoms with Gasteiger partial charge in [-0.3, -0.25) is 9.89 Å². The van der Waals surface area contributed by atoms with Crippen LogP contribution in [0.1, 0.15) is 15.9 Å². The second-order valence-corrected chi connectivity index (χ2v) is 6.51. The van der Waals surface area contributed by atoms with Crippen molar-refractivity contribution in [3.8, 4) is 28.3 Å². The summed E-state index contributed by atoms with van der Waals surface area (Å²) in [6.07, 6.45) is 0. The number of aromatic nitrogens is 3. The number of para-hydroxylation sites is 1. The lowest BCUT2D eigenvalue weighted by Crippen LogP contribution is -2.14. The van der Waals surface area contributed by atoms with Crippen molar-refractivity contribution in [3.63, 3.8) is 0 Å². The van der Waals surface area contributed by atoms with Gasteiger partial charge in [0.15, 0.2) is 5.65 Å². The number of fused-ring (bicyclic) bond motifs is 1. The van der Waals surface area contributed by atoms with Gasteiger partial charge in [0.2, 0.25) is 0 Å². The van der Waals surface area contributed by atoms with Crippen LogP contribution in [0.15, 0.2) is 59.4 Å². The Bertz CT molecular complexity index is 1310. The van der Waals surface area contributed by atoms with Crippen LogP contribution in [0.5, 0.6) is 5.75 Å². The summed E-state index contributed by atoms with van der Waals surface area (Å²) in [7, 11) is 0. The van der Waals surface area contributed by atoms with E-state index in [4.69, 9.17) is 5.11 Å². The molecular formula is C21H15F2N3O4. The van der Waals surface area contributed by atoms with Crippen molar-refractivity contribution >= 4 is 11.6 Å². The Labute approximate surface area is 168 Å². The molecule has 4 rings (SSSR count). The van der Waals surface area contributed by atoms with E-state index in [1.165, 1.54) is 28.8 Å². The quantitative estimate of drug-likeness (QED) is 0.518. The molecule has 0 bridgehead atoms. The van der Waals surface area contributed by atoms with Crippen molar-refractivity contribution in [3.05, 3.63) is 76.1 Å². The largest absolute Gasteiger partial charge is 0.478 e. The van der Waals surface area contributed by atoms with Gasteiger partial charge >= 0.3 is 12.6 Å². The van der Waals surface area contributed by atoms with Crippen molar-refractivity contribution in [2.75, 3.05) is 0 Å². The van der Waals surface area contributed by atoms with Crippen LogP contribution in [0.2, 0.25) is 0 Å². The highest BCUT2D eigenvalue weighted by molar-refractivity contribution is 5.88. The molecule has 0 atom stereocenters. The number of carbonyl (C=O) groups is 1. The average molecular weight is 411 g/mol. The van der Waals surface area contributed by atoms with Gasteiger partial charge in [0, 0.05) is 22.8 Å². The summed E-state index contributed by atoms with van der Waals surface area (Å²) in [5, 5.41) is 11.9. The zero-order valence-corrected chi connectivity index (χ0v) is 15.6. The number of halogens is 2. The van der Waals surface area contributed by atoms with Crippen LogP contribution in [0.4, 0.5) is 8.78 Å². The molecule has 0 amide bonds. The van der Waals surface area contributed by atoms with Crippen LogP contribution in [-0.4, -0.2) is 32.3 Å². The minimum atomic E-state index is -2.99. The number of alkyl halides is 2. The van der Waals surface area contributed by atoms with Crippen LogP contribution in [0.3, 0.4) is 0 Å². The van der Waals surface area contributed by atoms with E-state index in [1.807, 2.05) is 0 Å². The standard InChI is InChI=1S/C21H15F2N3O4/c1-11-18(14-4-2-3-5-16(14)30-21(22)23)25-26-17(27)10-15(24-19(11)26)12-6-8-13(9-7-12)20(28)29/h2-10,21,25H,1H3,(H,28,29). The normalized spacial score (nSPS) is 11.2. The fraction of sp³-hybridized carbons (Fsp3) is 0.0952. The molecule has 0 aliphatic rings. The molecule has 4 aromatic rings. The van der Waals surface area contributed by atoms with E-state index in [1.54, 1.807) is 37.3 Å². The average Bonchev–Trinajstić information content (AvgIpc) is 3.05. The molecule has 2 heterocycles. The Morgan fingerprint density at radius 3 is 2.53 bits per heavy atom. The number of aromatic carboxylic acids is 1. The van der Waals surface area contributed by atoms with Gasteiger partial charge < -0.3 is 9.84 Å². The number of aryl methyl sites for hydroxylation is 1. The predicted molar refractivity (Wildman–Crippen MR) is 105 cm³/mol. The number of hydrogen-bond donors (Lipinski definition) is 2. The molecule has 152 valence electrons. The number of H-pyrrole nitrogens is 1. The molecule has 30 heavy (non-hydrogen) atoms. The van der Waals surface area contributed by atoms with Gasteiger partial charge in [-0.2, -0.15) is 8.78 Å². The van der Waals surface area contributed by atoms with Gasteiger partial charge in [0.1, 0.15) is 5.75 Å². The zero-order chi connectivity index (χ0) is 21.4. The van der Waals surface area contributed by atoms with E-state index in [0.717, 1.165) is 0 Å². The second-order valence-electron chi connectivity index (χ2n) is 6.51. The number of carboxylic acid groups (broad SMARTS) is 1. The van der Waals surface area contributed by atoms with E-state index < -0.39 is 18.1 Å². The summed E-state index contributed by atoms with van der Waals surface area (Å²) in [6.45, 7) is -1.28. The van der Waals surface area contributed by atoms with Crippen molar-refractivity contribution in [2.45, 2.75) is 13.5 Å². The highest BCUT2D eigenvalue weighted by atomic mass is 19.3. The maximum atomic E-state index is 12.8. The van der Waals surface area contributed by atoms with E-state index in [-0.39, 0.29) is 11.3 Å². The highest BCUT2D eigenvalue weighted by Gasteiger charge is 2.18. The second kappa shape index (κ2) is 7.43. The first-order valence-electron chi connectivity index (χ1n) is 8.85. The summed E-state index contributed by atoms with van der Waals surface area (Å²) in [5.74, 6) is -1.08. The minimum absolute atomic E-state index is 0.0281. The van der Waals surface area contributed by atoms with Gasteiger partial charge in [-0.1, -0.05) is 24.3 Å². The number of hydrogen-bond acceptors (Lipinski definition) is 4. The minimum Gasteiger partial charge on any atom is -0.478 e. The third-order valence-electron chi connectivity index (χ3n) is 4.65. The lowest BCUT2D eigenvalue weighted by molar-refractivity contribution is -0.0494. The molecule has 0 aliphatic heterocycles. The zero-order valence-electron chi connectivity index (χ0n) is 15.6. The van der Waals surface area contributed by atoms with Gasteiger partial charge in [-0.25, -0.2) is 14.3 Å². The van der Waals surface area contributed by atoms with Crippen LogP contribution < -0.4 is 10.3 Å². The lowest BCUT2D eigenvalue weighted by Gasteiger charge is -2.09. The van der Waals surface area contributed by atoms with Crippen LogP contribution >= 0.6 is 0 Å². The van der Waals surface area contributed by atoms with Gasteiger partial charge in [0.05, 0.1) is 17.0 Å². The predicted octanol–water partition coefficient (Wildman–Crippen LogP) is 3.96. The SMILES string of the molecule is Cc1c(-c2ccccc2OC(F)F)[nH]n2c(=O)cc(-c3ccc(C(=O)O)cc3)nc12. The van der Waals surface area contributed by atoms with Crippen molar-refractivity contribution in [1.29, 1.82) is 0 Å². The van der Waals surface area contributed by atoms with Crippen LogP contribution in [0, 0.1) is 6.92 Å². The molecule has 2 N–H and O–H groups in total. The smallest absolute Gasteiger partial charge is 0.387 e. The summed E-state index contributed by atoms with van der Waals surface area (Å²) in [6, 6.07) is 13.6. The highest BCUT2D eigenvalue weighted by Crippen LogP contribution is 2.33. The summed E-state index contributed by atoms with van der Waals surface area (Å²) in [5.41, 5.74) is 2.34. The summed E-state index contributed by atoms with van der Waals surface area (Å²) < 4.78 is 31.4. The number of ether oxygens (including phenoxy) is 1. The van der Waals surface area contributed by atoms with E-state index in [2.05, 4.69) is 14.8 Å². The molecule has 0 fully saturated rings. The Morgan fingerprint density at radius 2 is 1.87 bits per heavy atom. The molecule has 2 aromatic carbocycles. The molecule has 9 heteroatoms. The number of nitrogens with zero attached hydrogens (tertiary/aromatic N) is 2. The molecule has 7 nitrogen and oxygen atoms in total. The van der Waals surface area contributed by atoms with Gasteiger partial charge in [0.25, 0.3) is 5.56 Å². The Hall–Kier alpha value is -4.01.